The first-order valence-electron chi connectivity index (χ1n) is 9.97. The molecule has 0 fully saturated rings. The number of hydrogen-bond acceptors (Lipinski definition) is 4. The molecule has 0 aliphatic heterocycles. The molecule has 3 aromatic rings. The van der Waals surface area contributed by atoms with Crippen LogP contribution in [0.2, 0.25) is 0 Å². The number of carbonyl (C=O) groups excluding carboxylic acids is 1. The molecule has 1 aromatic heterocycles. The largest absolute Gasteiger partial charge is 0.384 e. The summed E-state index contributed by atoms with van der Waals surface area (Å²) in [6.45, 7) is 2.80. The lowest BCUT2D eigenvalue weighted by Crippen LogP contribution is -3.08. The summed E-state index contributed by atoms with van der Waals surface area (Å²) in [6.07, 6.45) is 0. The number of aromatic nitrogens is 2. The van der Waals surface area contributed by atoms with Crippen molar-refractivity contribution in [2.24, 2.45) is 0 Å². The molecule has 156 valence electrons. The monoisotopic (exact) mass is 407 g/mol. The SMILES string of the molecule is CCn1c(=O)c(C(=O)C[NH+](C)Cc2ccccc2)c(N)n(Cc2ccccc2)c1=O. The van der Waals surface area contributed by atoms with E-state index in [0.717, 1.165) is 20.6 Å². The Bertz CT molecular complexity index is 1130. The second-order valence-electron chi connectivity index (χ2n) is 7.38. The van der Waals surface area contributed by atoms with Crippen LogP contribution in [0.25, 0.3) is 0 Å². The van der Waals surface area contributed by atoms with Crippen molar-refractivity contribution in [3.05, 3.63) is 98.2 Å². The lowest BCUT2D eigenvalue weighted by molar-refractivity contribution is -0.884. The highest BCUT2D eigenvalue weighted by Gasteiger charge is 2.24. The van der Waals surface area contributed by atoms with Gasteiger partial charge in [-0.15, -0.1) is 0 Å². The fraction of sp³-hybridized carbons (Fsp3) is 0.261. The number of Topliss-reactive ketones (excluding diaryl/α,β-unsaturated/α-hetero) is 1. The van der Waals surface area contributed by atoms with Gasteiger partial charge in [0.1, 0.15) is 24.5 Å². The van der Waals surface area contributed by atoms with Gasteiger partial charge < -0.3 is 10.6 Å². The number of nitrogens with two attached hydrogens (primary N) is 1. The van der Waals surface area contributed by atoms with Crippen LogP contribution in [0.5, 0.6) is 0 Å². The third-order valence-electron chi connectivity index (χ3n) is 5.06. The van der Waals surface area contributed by atoms with Gasteiger partial charge in [0, 0.05) is 12.1 Å². The molecule has 0 saturated heterocycles. The standard InChI is InChI=1S/C23H26N4O3/c1-3-26-22(29)20(19(28)16-25(2)14-17-10-6-4-7-11-17)21(24)27(23(26)30)15-18-12-8-5-9-13-18/h4-13H,3,14-16,24H2,1-2H3/p+1. The molecule has 1 heterocycles. The van der Waals surface area contributed by atoms with Crippen molar-refractivity contribution in [2.75, 3.05) is 19.3 Å². The fourth-order valence-corrected chi connectivity index (χ4v) is 3.54. The Balaban J connectivity index is 1.95. The third-order valence-corrected chi connectivity index (χ3v) is 5.06. The molecule has 1 atom stereocenters. The maximum Gasteiger partial charge on any atom is 0.332 e. The van der Waals surface area contributed by atoms with Crippen LogP contribution in [0.3, 0.4) is 0 Å². The topological polar surface area (TPSA) is 91.5 Å². The van der Waals surface area contributed by atoms with Gasteiger partial charge in [0.15, 0.2) is 0 Å². The molecular formula is C23H27N4O3+. The molecule has 2 aromatic carbocycles. The van der Waals surface area contributed by atoms with E-state index >= 15 is 0 Å². The van der Waals surface area contributed by atoms with Gasteiger partial charge in [0.25, 0.3) is 5.56 Å². The van der Waals surface area contributed by atoms with Crippen molar-refractivity contribution in [3.8, 4) is 0 Å². The van der Waals surface area contributed by atoms with E-state index in [1.54, 1.807) is 6.92 Å². The lowest BCUT2D eigenvalue weighted by atomic mass is 10.1. The molecule has 1 unspecified atom stereocenters. The molecule has 3 N–H and O–H groups in total. The predicted octanol–water partition coefficient (Wildman–Crippen LogP) is 0.558. The van der Waals surface area contributed by atoms with Crippen LogP contribution in [-0.4, -0.2) is 28.5 Å². The van der Waals surface area contributed by atoms with Crippen molar-refractivity contribution >= 4 is 11.6 Å². The van der Waals surface area contributed by atoms with Gasteiger partial charge in [0.2, 0.25) is 5.78 Å². The van der Waals surface area contributed by atoms with Crippen molar-refractivity contribution in [3.63, 3.8) is 0 Å². The molecule has 0 aliphatic carbocycles. The molecule has 0 spiro atoms. The summed E-state index contributed by atoms with van der Waals surface area (Å²) >= 11 is 0. The number of quaternary nitrogens is 1. The molecule has 7 heteroatoms. The van der Waals surface area contributed by atoms with E-state index in [4.69, 9.17) is 5.73 Å². The Morgan fingerprint density at radius 1 is 0.933 bits per heavy atom. The highest BCUT2D eigenvalue weighted by Crippen LogP contribution is 2.09. The molecule has 0 saturated carbocycles. The minimum Gasteiger partial charge on any atom is -0.384 e. The Labute approximate surface area is 175 Å². The maximum atomic E-state index is 13.0. The van der Waals surface area contributed by atoms with E-state index in [9.17, 15) is 14.4 Å². The summed E-state index contributed by atoms with van der Waals surface area (Å²) in [7, 11) is 1.89. The van der Waals surface area contributed by atoms with Gasteiger partial charge in [-0.3, -0.25) is 18.7 Å². The van der Waals surface area contributed by atoms with Crippen molar-refractivity contribution in [1.29, 1.82) is 0 Å². The highest BCUT2D eigenvalue weighted by atomic mass is 16.2. The number of nitrogens with one attached hydrogen (secondary N) is 1. The number of hydrogen-bond donors (Lipinski definition) is 2. The average molecular weight is 407 g/mol. The van der Waals surface area contributed by atoms with Crippen molar-refractivity contribution in [2.45, 2.75) is 26.6 Å². The van der Waals surface area contributed by atoms with E-state index in [1.165, 1.54) is 4.57 Å². The quantitative estimate of drug-likeness (QED) is 0.534. The van der Waals surface area contributed by atoms with Crippen molar-refractivity contribution < 1.29 is 9.69 Å². The Kier molecular flexibility index (Phi) is 6.64. The van der Waals surface area contributed by atoms with Crippen LogP contribution in [0, 0.1) is 0 Å². The molecule has 0 bridgehead atoms. The second kappa shape index (κ2) is 9.37. The normalized spacial score (nSPS) is 11.9. The molecule has 3 rings (SSSR count). The van der Waals surface area contributed by atoms with Crippen LogP contribution < -0.4 is 21.9 Å². The predicted molar refractivity (Wildman–Crippen MR) is 117 cm³/mol. The molecule has 7 nitrogen and oxygen atoms in total. The number of carbonyl (C=O) groups is 1. The summed E-state index contributed by atoms with van der Waals surface area (Å²) in [6, 6.07) is 19.2. The number of likely N-dealkylation sites (N-methyl/N-ethyl adjacent to an activating group) is 1. The number of ketones is 1. The van der Waals surface area contributed by atoms with Crippen LogP contribution in [-0.2, 0) is 19.6 Å². The number of benzene rings is 2. The van der Waals surface area contributed by atoms with E-state index in [1.807, 2.05) is 67.7 Å². The summed E-state index contributed by atoms with van der Waals surface area (Å²) in [5.41, 5.74) is 6.91. The van der Waals surface area contributed by atoms with Gasteiger partial charge in [-0.05, 0) is 12.5 Å². The Morgan fingerprint density at radius 2 is 1.50 bits per heavy atom. The number of anilines is 1. The molecular weight excluding hydrogens is 380 g/mol. The molecule has 30 heavy (non-hydrogen) atoms. The number of nitrogens with zero attached hydrogens (tertiary/aromatic N) is 2. The van der Waals surface area contributed by atoms with Gasteiger partial charge in [-0.25, -0.2) is 4.79 Å². The molecule has 0 amide bonds. The summed E-state index contributed by atoms with van der Waals surface area (Å²) in [4.78, 5) is 39.6. The maximum absolute atomic E-state index is 13.0. The zero-order chi connectivity index (χ0) is 21.7. The minimum absolute atomic E-state index is 0.0731. The first-order valence-corrected chi connectivity index (χ1v) is 9.97. The molecule has 0 radical (unpaired) electrons. The summed E-state index contributed by atoms with van der Waals surface area (Å²) in [5.74, 6) is -0.439. The van der Waals surface area contributed by atoms with Crippen LogP contribution >= 0.6 is 0 Å². The third kappa shape index (κ3) is 4.58. The zero-order valence-electron chi connectivity index (χ0n) is 17.3. The van der Waals surface area contributed by atoms with Crippen LogP contribution in [0.1, 0.15) is 28.4 Å². The van der Waals surface area contributed by atoms with Crippen LogP contribution in [0.15, 0.2) is 70.3 Å². The van der Waals surface area contributed by atoms with E-state index in [-0.39, 0.29) is 36.8 Å². The van der Waals surface area contributed by atoms with E-state index < -0.39 is 11.2 Å². The Hall–Kier alpha value is -3.45. The number of rotatable bonds is 8. The lowest BCUT2D eigenvalue weighted by Gasteiger charge is -2.17. The fourth-order valence-electron chi connectivity index (χ4n) is 3.54. The van der Waals surface area contributed by atoms with Crippen LogP contribution in [0.4, 0.5) is 5.82 Å². The zero-order valence-corrected chi connectivity index (χ0v) is 17.3. The van der Waals surface area contributed by atoms with E-state index in [0.29, 0.717) is 6.54 Å². The van der Waals surface area contributed by atoms with Gasteiger partial charge in [-0.2, -0.15) is 0 Å². The highest BCUT2D eigenvalue weighted by molar-refractivity contribution is 6.00. The average Bonchev–Trinajstić information content (AvgIpc) is 2.73. The van der Waals surface area contributed by atoms with Crippen molar-refractivity contribution in [1.82, 2.24) is 9.13 Å². The first kappa shape index (κ1) is 21.3. The van der Waals surface area contributed by atoms with E-state index in [2.05, 4.69) is 0 Å². The number of nitrogen functional groups attached to an aromatic ring is 1. The molecule has 0 aliphatic rings. The smallest absolute Gasteiger partial charge is 0.332 e. The van der Waals surface area contributed by atoms with Gasteiger partial charge in [0.05, 0.1) is 13.6 Å². The summed E-state index contributed by atoms with van der Waals surface area (Å²) in [5, 5.41) is 0. The minimum atomic E-state index is -0.623. The Morgan fingerprint density at radius 3 is 2.07 bits per heavy atom. The summed E-state index contributed by atoms with van der Waals surface area (Å²) < 4.78 is 2.37. The van der Waals surface area contributed by atoms with Gasteiger partial charge in [-0.1, -0.05) is 60.7 Å². The van der Waals surface area contributed by atoms with Gasteiger partial charge >= 0.3 is 5.69 Å². The first-order chi connectivity index (χ1) is 14.4. The second-order valence-corrected chi connectivity index (χ2v) is 7.38.